The minimum Gasteiger partial charge on any atom is -0.389 e. The highest BCUT2D eigenvalue weighted by Gasteiger charge is 2.25. The number of hydrogen-bond donors (Lipinski definition) is 2. The summed E-state index contributed by atoms with van der Waals surface area (Å²) in [5, 5.41) is 12.4. The standard InChI is InChI=1S/C14H27N3O4/c1-4-21-10-13(19)9-16-5-7-17(8-6-16)14(20)11(2)15-12(3)18/h11,13,19H,4-10H2,1-3H3,(H,15,18). The molecule has 1 fully saturated rings. The van der Waals surface area contributed by atoms with Crippen molar-refractivity contribution in [3.05, 3.63) is 0 Å². The molecule has 0 spiro atoms. The van der Waals surface area contributed by atoms with Crippen LogP contribution >= 0.6 is 0 Å². The molecule has 0 saturated carbocycles. The molecule has 1 rings (SSSR count). The molecule has 1 aliphatic heterocycles. The van der Waals surface area contributed by atoms with Crippen molar-refractivity contribution in [2.75, 3.05) is 45.9 Å². The van der Waals surface area contributed by atoms with E-state index in [0.29, 0.717) is 32.8 Å². The number of hydrogen-bond acceptors (Lipinski definition) is 5. The monoisotopic (exact) mass is 301 g/mol. The van der Waals surface area contributed by atoms with E-state index in [4.69, 9.17) is 4.74 Å². The van der Waals surface area contributed by atoms with Gasteiger partial charge < -0.3 is 20.1 Å². The van der Waals surface area contributed by atoms with Crippen molar-refractivity contribution in [2.45, 2.75) is 32.9 Å². The van der Waals surface area contributed by atoms with E-state index in [9.17, 15) is 14.7 Å². The molecule has 0 radical (unpaired) electrons. The zero-order valence-electron chi connectivity index (χ0n) is 13.2. The molecule has 21 heavy (non-hydrogen) atoms. The number of β-amino-alcohol motifs (C(OH)–C–C–N with tert-alkyl or cyclic N) is 1. The molecular weight excluding hydrogens is 274 g/mol. The van der Waals surface area contributed by atoms with Crippen LogP contribution in [0, 0.1) is 0 Å². The molecule has 1 heterocycles. The van der Waals surface area contributed by atoms with E-state index in [2.05, 4.69) is 10.2 Å². The second kappa shape index (κ2) is 8.96. The molecular formula is C14H27N3O4. The molecule has 7 nitrogen and oxygen atoms in total. The van der Waals surface area contributed by atoms with Gasteiger partial charge in [-0.2, -0.15) is 0 Å². The van der Waals surface area contributed by atoms with Crippen LogP contribution in [0.25, 0.3) is 0 Å². The molecule has 2 atom stereocenters. The Balaban J connectivity index is 2.31. The first-order valence-electron chi connectivity index (χ1n) is 7.48. The Morgan fingerprint density at radius 1 is 1.29 bits per heavy atom. The number of nitrogens with one attached hydrogen (secondary N) is 1. The third kappa shape index (κ3) is 6.41. The van der Waals surface area contributed by atoms with Crippen LogP contribution in [0.4, 0.5) is 0 Å². The summed E-state index contributed by atoms with van der Waals surface area (Å²) in [5.41, 5.74) is 0. The predicted octanol–water partition coefficient (Wildman–Crippen LogP) is -0.947. The lowest BCUT2D eigenvalue weighted by Crippen LogP contribution is -2.55. The lowest BCUT2D eigenvalue weighted by atomic mass is 10.2. The van der Waals surface area contributed by atoms with Gasteiger partial charge in [0, 0.05) is 46.3 Å². The number of carbonyl (C=O) groups excluding carboxylic acids is 2. The van der Waals surface area contributed by atoms with Crippen molar-refractivity contribution in [1.82, 2.24) is 15.1 Å². The fraction of sp³-hybridized carbons (Fsp3) is 0.857. The van der Waals surface area contributed by atoms with Crippen LogP contribution in [0.1, 0.15) is 20.8 Å². The summed E-state index contributed by atoms with van der Waals surface area (Å²) in [6, 6.07) is -0.488. The highest BCUT2D eigenvalue weighted by atomic mass is 16.5. The molecule has 0 aromatic heterocycles. The van der Waals surface area contributed by atoms with Gasteiger partial charge in [0.2, 0.25) is 11.8 Å². The lowest BCUT2D eigenvalue weighted by molar-refractivity contribution is -0.137. The topological polar surface area (TPSA) is 82.1 Å². The van der Waals surface area contributed by atoms with Crippen molar-refractivity contribution in [2.24, 2.45) is 0 Å². The van der Waals surface area contributed by atoms with E-state index in [1.54, 1.807) is 11.8 Å². The Morgan fingerprint density at radius 3 is 2.43 bits per heavy atom. The summed E-state index contributed by atoms with van der Waals surface area (Å²) >= 11 is 0. The fourth-order valence-corrected chi connectivity index (χ4v) is 2.40. The molecule has 2 amide bonds. The number of aliphatic hydroxyl groups excluding tert-OH is 1. The Morgan fingerprint density at radius 2 is 1.90 bits per heavy atom. The summed E-state index contributed by atoms with van der Waals surface area (Å²) < 4.78 is 5.18. The van der Waals surface area contributed by atoms with Crippen LogP contribution in [0.2, 0.25) is 0 Å². The van der Waals surface area contributed by atoms with Crippen molar-refractivity contribution < 1.29 is 19.4 Å². The normalized spacial score (nSPS) is 19.1. The smallest absolute Gasteiger partial charge is 0.244 e. The summed E-state index contributed by atoms with van der Waals surface area (Å²) in [5.74, 6) is -0.256. The Kier molecular flexibility index (Phi) is 7.63. The number of aliphatic hydroxyl groups is 1. The zero-order valence-corrected chi connectivity index (χ0v) is 13.2. The van der Waals surface area contributed by atoms with Gasteiger partial charge in [-0.25, -0.2) is 0 Å². The number of amides is 2. The van der Waals surface area contributed by atoms with Crippen LogP contribution in [-0.4, -0.2) is 84.8 Å². The maximum Gasteiger partial charge on any atom is 0.244 e. The van der Waals surface area contributed by atoms with Crippen LogP contribution in [0.5, 0.6) is 0 Å². The first kappa shape index (κ1) is 17.9. The molecule has 0 aliphatic carbocycles. The Hall–Kier alpha value is -1.18. The van der Waals surface area contributed by atoms with E-state index in [-0.39, 0.29) is 11.8 Å². The predicted molar refractivity (Wildman–Crippen MR) is 78.8 cm³/mol. The number of piperazine rings is 1. The number of ether oxygens (including phenoxy) is 1. The van der Waals surface area contributed by atoms with Crippen molar-refractivity contribution in [3.8, 4) is 0 Å². The van der Waals surface area contributed by atoms with Crippen LogP contribution in [0.15, 0.2) is 0 Å². The number of rotatable bonds is 7. The van der Waals surface area contributed by atoms with Gasteiger partial charge in [0.15, 0.2) is 0 Å². The first-order valence-corrected chi connectivity index (χ1v) is 7.48. The summed E-state index contributed by atoms with van der Waals surface area (Å²) in [6.07, 6.45) is -0.495. The van der Waals surface area contributed by atoms with E-state index in [0.717, 1.165) is 13.1 Å². The van der Waals surface area contributed by atoms with Gasteiger partial charge >= 0.3 is 0 Å². The quantitative estimate of drug-likeness (QED) is 0.634. The van der Waals surface area contributed by atoms with Gasteiger partial charge in [0.05, 0.1) is 12.7 Å². The minimum atomic E-state index is -0.495. The fourth-order valence-electron chi connectivity index (χ4n) is 2.40. The Bertz CT molecular complexity index is 343. The van der Waals surface area contributed by atoms with Crippen molar-refractivity contribution >= 4 is 11.8 Å². The molecule has 0 bridgehead atoms. The van der Waals surface area contributed by atoms with E-state index >= 15 is 0 Å². The summed E-state index contributed by atoms with van der Waals surface area (Å²) in [6.45, 7) is 9.17. The minimum absolute atomic E-state index is 0.0558. The van der Waals surface area contributed by atoms with E-state index in [1.807, 2.05) is 6.92 Å². The van der Waals surface area contributed by atoms with E-state index in [1.165, 1.54) is 6.92 Å². The first-order chi connectivity index (χ1) is 9.93. The van der Waals surface area contributed by atoms with Crippen LogP contribution in [-0.2, 0) is 14.3 Å². The zero-order chi connectivity index (χ0) is 15.8. The van der Waals surface area contributed by atoms with Gasteiger partial charge in [0.25, 0.3) is 0 Å². The van der Waals surface area contributed by atoms with Gasteiger partial charge in [-0.15, -0.1) is 0 Å². The molecule has 2 unspecified atom stereocenters. The lowest BCUT2D eigenvalue weighted by Gasteiger charge is -2.36. The van der Waals surface area contributed by atoms with Gasteiger partial charge in [-0.1, -0.05) is 0 Å². The van der Waals surface area contributed by atoms with Gasteiger partial charge in [0.1, 0.15) is 6.04 Å². The highest BCUT2D eigenvalue weighted by Crippen LogP contribution is 2.05. The molecule has 0 aromatic rings. The molecule has 2 N–H and O–H groups in total. The van der Waals surface area contributed by atoms with Gasteiger partial charge in [-0.3, -0.25) is 14.5 Å². The van der Waals surface area contributed by atoms with Crippen molar-refractivity contribution in [3.63, 3.8) is 0 Å². The maximum atomic E-state index is 12.1. The largest absolute Gasteiger partial charge is 0.389 e. The van der Waals surface area contributed by atoms with Gasteiger partial charge in [-0.05, 0) is 13.8 Å². The second-order valence-corrected chi connectivity index (χ2v) is 5.36. The molecule has 122 valence electrons. The highest BCUT2D eigenvalue weighted by molar-refractivity contribution is 5.86. The SMILES string of the molecule is CCOCC(O)CN1CCN(C(=O)C(C)NC(C)=O)CC1. The van der Waals surface area contributed by atoms with Crippen LogP contribution in [0.3, 0.4) is 0 Å². The number of carbonyl (C=O) groups is 2. The van der Waals surface area contributed by atoms with Crippen LogP contribution < -0.4 is 5.32 Å². The molecule has 1 saturated heterocycles. The molecule has 7 heteroatoms. The third-order valence-corrected chi connectivity index (χ3v) is 3.46. The number of nitrogens with zero attached hydrogens (tertiary/aromatic N) is 2. The second-order valence-electron chi connectivity index (χ2n) is 5.36. The molecule has 1 aliphatic rings. The van der Waals surface area contributed by atoms with E-state index < -0.39 is 12.1 Å². The van der Waals surface area contributed by atoms with Crippen molar-refractivity contribution in [1.29, 1.82) is 0 Å². The average molecular weight is 301 g/mol. The summed E-state index contributed by atoms with van der Waals surface area (Å²) in [4.78, 5) is 27.0. The average Bonchev–Trinajstić information content (AvgIpc) is 2.44. The molecule has 0 aromatic carbocycles. The maximum absolute atomic E-state index is 12.1. The summed E-state index contributed by atoms with van der Waals surface area (Å²) in [7, 11) is 0. The third-order valence-electron chi connectivity index (χ3n) is 3.46. The Labute approximate surface area is 126 Å².